The van der Waals surface area contributed by atoms with Crippen molar-refractivity contribution in [3.05, 3.63) is 0 Å². The molecule has 0 bridgehead atoms. The molecule has 1 atom stereocenters. The van der Waals surface area contributed by atoms with E-state index in [4.69, 9.17) is 4.74 Å². The molecule has 100 valence electrons. The summed E-state index contributed by atoms with van der Waals surface area (Å²) in [4.78, 5) is 14.1. The number of carbonyl (C=O) groups is 1. The van der Waals surface area contributed by atoms with Gasteiger partial charge in [0.15, 0.2) is 0 Å². The average Bonchev–Trinajstić information content (AvgIpc) is 2.29. The van der Waals surface area contributed by atoms with Crippen molar-refractivity contribution in [2.45, 2.75) is 32.9 Å². The molecule has 0 aromatic heterocycles. The van der Waals surface area contributed by atoms with E-state index in [-0.39, 0.29) is 18.1 Å². The molecule has 17 heavy (non-hydrogen) atoms. The minimum Gasteiger partial charge on any atom is -0.377 e. The smallest absolute Gasteiger partial charge is 0.238 e. The molecule has 1 fully saturated rings. The molecule has 1 aliphatic rings. The lowest BCUT2D eigenvalue weighted by molar-refractivity contribution is -0.127. The highest BCUT2D eigenvalue weighted by Gasteiger charge is 2.27. The van der Waals surface area contributed by atoms with E-state index in [1.807, 2.05) is 20.8 Å². The second-order valence-corrected chi connectivity index (χ2v) is 4.57. The maximum Gasteiger partial charge on any atom is 0.238 e. The molecule has 0 aliphatic carbocycles. The molecule has 5 nitrogen and oxygen atoms in total. The van der Waals surface area contributed by atoms with E-state index in [1.54, 1.807) is 0 Å². The predicted octanol–water partition coefficient (Wildman–Crippen LogP) is -0.179. The first-order chi connectivity index (χ1) is 8.15. The Labute approximate surface area is 104 Å². The third kappa shape index (κ3) is 5.02. The summed E-state index contributed by atoms with van der Waals surface area (Å²) in [6.07, 6.45) is 0.251. The average molecular weight is 243 g/mol. The molecule has 1 rings (SSSR count). The van der Waals surface area contributed by atoms with Crippen LogP contribution < -0.4 is 10.6 Å². The van der Waals surface area contributed by atoms with Crippen LogP contribution in [0.5, 0.6) is 0 Å². The Balaban J connectivity index is 2.39. The standard InChI is InChI=1S/C12H25N3O2/c1-4-14-12(16)11-9-13-5-6-15(11)7-8-17-10(2)3/h10-11,13H,4-9H2,1-3H3,(H,14,16). The van der Waals surface area contributed by atoms with Gasteiger partial charge in [-0.2, -0.15) is 0 Å². The Kier molecular flexibility index (Phi) is 6.47. The second kappa shape index (κ2) is 7.63. The fourth-order valence-electron chi connectivity index (χ4n) is 1.97. The van der Waals surface area contributed by atoms with Crippen LogP contribution in [0.1, 0.15) is 20.8 Å². The lowest BCUT2D eigenvalue weighted by Gasteiger charge is -2.35. The summed E-state index contributed by atoms with van der Waals surface area (Å²) in [5.74, 6) is 0.115. The molecule has 1 unspecified atom stereocenters. The van der Waals surface area contributed by atoms with E-state index in [0.29, 0.717) is 13.2 Å². The van der Waals surface area contributed by atoms with E-state index < -0.39 is 0 Å². The van der Waals surface area contributed by atoms with Gasteiger partial charge in [0.05, 0.1) is 12.7 Å². The number of hydrogen-bond donors (Lipinski definition) is 2. The highest BCUT2D eigenvalue weighted by molar-refractivity contribution is 5.82. The minimum absolute atomic E-state index is 0.0561. The fraction of sp³-hybridized carbons (Fsp3) is 0.917. The Bertz CT molecular complexity index is 234. The Morgan fingerprint density at radius 1 is 1.59 bits per heavy atom. The number of rotatable bonds is 6. The Morgan fingerprint density at radius 2 is 2.35 bits per heavy atom. The number of likely N-dealkylation sites (N-methyl/N-ethyl adjacent to an activating group) is 1. The summed E-state index contributed by atoms with van der Waals surface area (Å²) < 4.78 is 5.54. The van der Waals surface area contributed by atoms with Crippen molar-refractivity contribution in [3.63, 3.8) is 0 Å². The van der Waals surface area contributed by atoms with Crippen LogP contribution in [0.15, 0.2) is 0 Å². The van der Waals surface area contributed by atoms with Crippen LogP contribution in [0.25, 0.3) is 0 Å². The number of piperazine rings is 1. The molecule has 1 saturated heterocycles. The number of carbonyl (C=O) groups excluding carboxylic acids is 1. The fourth-order valence-corrected chi connectivity index (χ4v) is 1.97. The summed E-state index contributed by atoms with van der Waals surface area (Å²) in [6, 6.07) is -0.0561. The zero-order valence-electron chi connectivity index (χ0n) is 11.2. The SMILES string of the molecule is CCNC(=O)C1CNCCN1CCOC(C)C. The molecule has 0 saturated carbocycles. The van der Waals surface area contributed by atoms with Gasteiger partial charge in [-0.3, -0.25) is 9.69 Å². The van der Waals surface area contributed by atoms with Crippen molar-refractivity contribution in [2.24, 2.45) is 0 Å². The molecule has 0 spiro atoms. The van der Waals surface area contributed by atoms with E-state index in [1.165, 1.54) is 0 Å². The highest BCUT2D eigenvalue weighted by Crippen LogP contribution is 2.03. The maximum atomic E-state index is 11.9. The Hall–Kier alpha value is -0.650. The quantitative estimate of drug-likeness (QED) is 0.679. The summed E-state index contributed by atoms with van der Waals surface area (Å²) >= 11 is 0. The van der Waals surface area contributed by atoms with E-state index in [9.17, 15) is 4.79 Å². The van der Waals surface area contributed by atoms with Gasteiger partial charge in [0.2, 0.25) is 5.91 Å². The van der Waals surface area contributed by atoms with Crippen molar-refractivity contribution in [3.8, 4) is 0 Å². The highest BCUT2D eigenvalue weighted by atomic mass is 16.5. The maximum absolute atomic E-state index is 11.9. The van der Waals surface area contributed by atoms with Crippen molar-refractivity contribution >= 4 is 5.91 Å². The molecule has 0 radical (unpaired) electrons. The van der Waals surface area contributed by atoms with Crippen LogP contribution in [0, 0.1) is 0 Å². The third-order valence-corrected chi connectivity index (χ3v) is 2.84. The first-order valence-electron chi connectivity index (χ1n) is 6.49. The van der Waals surface area contributed by atoms with Gasteiger partial charge >= 0.3 is 0 Å². The second-order valence-electron chi connectivity index (χ2n) is 4.57. The summed E-state index contributed by atoms with van der Waals surface area (Å²) in [5, 5.41) is 6.14. The van der Waals surface area contributed by atoms with Crippen LogP contribution in [-0.2, 0) is 9.53 Å². The van der Waals surface area contributed by atoms with Crippen LogP contribution >= 0.6 is 0 Å². The molecule has 0 aromatic carbocycles. The van der Waals surface area contributed by atoms with Gasteiger partial charge in [0.1, 0.15) is 6.04 Å². The summed E-state index contributed by atoms with van der Waals surface area (Å²) in [7, 11) is 0. The monoisotopic (exact) mass is 243 g/mol. The van der Waals surface area contributed by atoms with Crippen LogP contribution in [0.3, 0.4) is 0 Å². The van der Waals surface area contributed by atoms with Gasteiger partial charge in [0.25, 0.3) is 0 Å². The summed E-state index contributed by atoms with van der Waals surface area (Å²) in [5.41, 5.74) is 0. The summed E-state index contributed by atoms with van der Waals surface area (Å²) in [6.45, 7) is 10.8. The first kappa shape index (κ1) is 14.4. The number of nitrogens with zero attached hydrogens (tertiary/aromatic N) is 1. The third-order valence-electron chi connectivity index (χ3n) is 2.84. The predicted molar refractivity (Wildman–Crippen MR) is 68.0 cm³/mol. The zero-order chi connectivity index (χ0) is 12.7. The largest absolute Gasteiger partial charge is 0.377 e. The zero-order valence-corrected chi connectivity index (χ0v) is 11.2. The minimum atomic E-state index is -0.0561. The number of hydrogen-bond acceptors (Lipinski definition) is 4. The van der Waals surface area contributed by atoms with Crippen LogP contribution in [0.2, 0.25) is 0 Å². The number of amides is 1. The topological polar surface area (TPSA) is 53.6 Å². The van der Waals surface area contributed by atoms with Gasteiger partial charge in [-0.1, -0.05) is 0 Å². The Morgan fingerprint density at radius 3 is 3.00 bits per heavy atom. The first-order valence-corrected chi connectivity index (χ1v) is 6.49. The number of nitrogens with one attached hydrogen (secondary N) is 2. The lowest BCUT2D eigenvalue weighted by Crippen LogP contribution is -2.58. The van der Waals surface area contributed by atoms with Gasteiger partial charge in [-0.25, -0.2) is 0 Å². The van der Waals surface area contributed by atoms with E-state index in [2.05, 4.69) is 15.5 Å². The molecule has 5 heteroatoms. The molecule has 1 aliphatic heterocycles. The molecule has 1 heterocycles. The van der Waals surface area contributed by atoms with Gasteiger partial charge in [-0.15, -0.1) is 0 Å². The normalized spacial score (nSPS) is 21.8. The van der Waals surface area contributed by atoms with Crippen molar-refractivity contribution < 1.29 is 9.53 Å². The van der Waals surface area contributed by atoms with Gasteiger partial charge in [-0.05, 0) is 20.8 Å². The lowest BCUT2D eigenvalue weighted by atomic mass is 10.2. The molecule has 2 N–H and O–H groups in total. The van der Waals surface area contributed by atoms with Gasteiger partial charge in [0, 0.05) is 32.7 Å². The van der Waals surface area contributed by atoms with Gasteiger partial charge < -0.3 is 15.4 Å². The van der Waals surface area contributed by atoms with Crippen molar-refractivity contribution in [2.75, 3.05) is 39.3 Å². The number of ether oxygens (including phenoxy) is 1. The molecular weight excluding hydrogens is 218 g/mol. The molecule has 1 amide bonds. The molecular formula is C12H25N3O2. The van der Waals surface area contributed by atoms with E-state index in [0.717, 1.165) is 26.2 Å². The van der Waals surface area contributed by atoms with Crippen molar-refractivity contribution in [1.82, 2.24) is 15.5 Å². The van der Waals surface area contributed by atoms with Crippen LogP contribution in [-0.4, -0.2) is 62.3 Å². The molecule has 0 aromatic rings. The van der Waals surface area contributed by atoms with E-state index >= 15 is 0 Å². The van der Waals surface area contributed by atoms with Crippen molar-refractivity contribution in [1.29, 1.82) is 0 Å². The van der Waals surface area contributed by atoms with Crippen LogP contribution in [0.4, 0.5) is 0 Å².